The molecule has 2 aromatic carbocycles. The molecule has 1 aliphatic carbocycles. The zero-order valence-corrected chi connectivity index (χ0v) is 17.1. The molecule has 0 saturated heterocycles. The number of nitrogens with zero attached hydrogens (tertiary/aromatic N) is 1. The second kappa shape index (κ2) is 8.57. The van der Waals surface area contributed by atoms with E-state index in [1.807, 2.05) is 42.5 Å². The van der Waals surface area contributed by atoms with Gasteiger partial charge in [0.25, 0.3) is 5.91 Å². The number of hydrogen-bond donors (Lipinski definition) is 2. The van der Waals surface area contributed by atoms with Crippen molar-refractivity contribution < 1.29 is 9.59 Å². The molecule has 29 heavy (non-hydrogen) atoms. The first kappa shape index (κ1) is 19.3. The molecule has 5 nitrogen and oxygen atoms in total. The van der Waals surface area contributed by atoms with Crippen LogP contribution in [0, 0.1) is 0 Å². The minimum absolute atomic E-state index is 0.0296. The molecule has 1 unspecified atom stereocenters. The molecule has 4 rings (SSSR count). The van der Waals surface area contributed by atoms with Gasteiger partial charge in [0.2, 0.25) is 5.91 Å². The molecule has 2 amide bonds. The molecule has 2 N–H and O–H groups in total. The first-order valence-corrected chi connectivity index (χ1v) is 10.7. The topological polar surface area (TPSA) is 71.1 Å². The third-order valence-corrected chi connectivity index (χ3v) is 6.23. The molecule has 1 atom stereocenters. The average molecular weight is 406 g/mol. The number of carbonyl (C=O) groups excluding carboxylic acids is 2. The van der Waals surface area contributed by atoms with Crippen LogP contribution in [0.3, 0.4) is 0 Å². The van der Waals surface area contributed by atoms with E-state index < -0.39 is 0 Å². The van der Waals surface area contributed by atoms with Crippen LogP contribution in [-0.2, 0) is 17.6 Å². The molecule has 1 aromatic heterocycles. The largest absolute Gasteiger partial charge is 0.325 e. The number of benzene rings is 2. The average Bonchev–Trinajstić information content (AvgIpc) is 3.17. The van der Waals surface area contributed by atoms with Crippen LogP contribution in [0.5, 0.6) is 0 Å². The minimum Gasteiger partial charge on any atom is -0.325 e. The van der Waals surface area contributed by atoms with Crippen molar-refractivity contribution in [3.8, 4) is 0 Å². The van der Waals surface area contributed by atoms with E-state index >= 15 is 0 Å². The lowest BCUT2D eigenvalue weighted by Crippen LogP contribution is -2.25. The maximum atomic E-state index is 13.0. The number of nitrogens with one attached hydrogen (secondary N) is 2. The van der Waals surface area contributed by atoms with E-state index in [2.05, 4.69) is 22.5 Å². The Morgan fingerprint density at radius 3 is 2.62 bits per heavy atom. The number of aryl methyl sites for hydroxylation is 2. The van der Waals surface area contributed by atoms with Crippen molar-refractivity contribution in [3.05, 3.63) is 76.3 Å². The second-order valence-electron chi connectivity index (χ2n) is 7.09. The maximum absolute atomic E-state index is 13.0. The van der Waals surface area contributed by atoms with E-state index in [0.29, 0.717) is 10.7 Å². The highest BCUT2D eigenvalue weighted by molar-refractivity contribution is 7.16. The van der Waals surface area contributed by atoms with Gasteiger partial charge < -0.3 is 5.32 Å². The van der Waals surface area contributed by atoms with Gasteiger partial charge in [-0.25, -0.2) is 4.98 Å². The zero-order chi connectivity index (χ0) is 20.2. The summed E-state index contributed by atoms with van der Waals surface area (Å²) in [7, 11) is 0. The molecule has 148 valence electrons. The van der Waals surface area contributed by atoms with Crippen molar-refractivity contribution in [2.24, 2.45) is 0 Å². The molecule has 1 heterocycles. The van der Waals surface area contributed by atoms with Crippen molar-refractivity contribution in [2.75, 3.05) is 10.6 Å². The van der Waals surface area contributed by atoms with Crippen molar-refractivity contribution >= 4 is 34.0 Å². The Bertz CT molecular complexity index is 1030. The highest BCUT2D eigenvalue weighted by Crippen LogP contribution is 2.37. The first-order chi connectivity index (χ1) is 14.2. The van der Waals surface area contributed by atoms with E-state index in [4.69, 9.17) is 0 Å². The molecule has 6 heteroatoms. The summed E-state index contributed by atoms with van der Waals surface area (Å²) in [6.07, 6.45) is 3.46. The van der Waals surface area contributed by atoms with Gasteiger partial charge in [0.1, 0.15) is 0 Å². The summed E-state index contributed by atoms with van der Waals surface area (Å²) < 4.78 is 0. The van der Waals surface area contributed by atoms with Gasteiger partial charge in [0.05, 0.1) is 11.6 Å². The molecule has 0 bridgehead atoms. The van der Waals surface area contributed by atoms with Gasteiger partial charge in [-0.15, -0.1) is 11.3 Å². The highest BCUT2D eigenvalue weighted by atomic mass is 32.1. The van der Waals surface area contributed by atoms with E-state index in [-0.39, 0.29) is 17.7 Å². The summed E-state index contributed by atoms with van der Waals surface area (Å²) in [5, 5.41) is 6.52. The number of aromatic nitrogens is 1. The smallest absolute Gasteiger partial charge is 0.257 e. The van der Waals surface area contributed by atoms with Gasteiger partial charge in [-0.05, 0) is 49.4 Å². The second-order valence-corrected chi connectivity index (χ2v) is 8.18. The molecule has 0 fully saturated rings. The van der Waals surface area contributed by atoms with Crippen LogP contribution in [0.1, 0.15) is 52.2 Å². The molecular formula is C23H23N3O2S. The predicted molar refractivity (Wildman–Crippen MR) is 117 cm³/mol. The SMILES string of the molecule is CCc1ccccc1NC(=O)C1CCCc2sc(NC(=O)c3ccccc3)nc21. The van der Waals surface area contributed by atoms with Gasteiger partial charge >= 0.3 is 0 Å². The van der Waals surface area contributed by atoms with Crippen LogP contribution in [-0.4, -0.2) is 16.8 Å². The fourth-order valence-electron chi connectivity index (χ4n) is 3.66. The van der Waals surface area contributed by atoms with Crippen molar-refractivity contribution in [2.45, 2.75) is 38.5 Å². The van der Waals surface area contributed by atoms with Crippen LogP contribution in [0.25, 0.3) is 0 Å². The van der Waals surface area contributed by atoms with Crippen LogP contribution in [0.4, 0.5) is 10.8 Å². The number of fused-ring (bicyclic) bond motifs is 1. The Labute approximate surface area is 174 Å². The summed E-state index contributed by atoms with van der Waals surface area (Å²) in [5.41, 5.74) is 3.37. The van der Waals surface area contributed by atoms with E-state index in [9.17, 15) is 9.59 Å². The number of thiazole rings is 1. The molecule has 3 aromatic rings. The third kappa shape index (κ3) is 4.22. The Kier molecular flexibility index (Phi) is 5.71. The van der Waals surface area contributed by atoms with E-state index in [1.54, 1.807) is 12.1 Å². The fourth-order valence-corrected chi connectivity index (χ4v) is 4.72. The number of carbonyl (C=O) groups is 2. The van der Waals surface area contributed by atoms with Gasteiger partial charge in [-0.3, -0.25) is 14.9 Å². The van der Waals surface area contributed by atoms with Crippen molar-refractivity contribution in [1.29, 1.82) is 0 Å². The number of amides is 2. The number of anilines is 2. The minimum atomic E-state index is -0.290. The molecule has 1 aliphatic rings. The van der Waals surface area contributed by atoms with Crippen LogP contribution >= 0.6 is 11.3 Å². The quantitative estimate of drug-likeness (QED) is 0.626. The monoisotopic (exact) mass is 405 g/mol. The lowest BCUT2D eigenvalue weighted by atomic mass is 9.90. The van der Waals surface area contributed by atoms with Crippen molar-refractivity contribution in [1.82, 2.24) is 4.98 Å². The zero-order valence-electron chi connectivity index (χ0n) is 16.3. The maximum Gasteiger partial charge on any atom is 0.257 e. The fraction of sp³-hybridized carbons (Fsp3) is 0.261. The predicted octanol–water partition coefficient (Wildman–Crippen LogP) is 5.02. The Morgan fingerprint density at radius 1 is 1.07 bits per heavy atom. The highest BCUT2D eigenvalue weighted by Gasteiger charge is 2.31. The van der Waals surface area contributed by atoms with E-state index in [1.165, 1.54) is 11.3 Å². The lowest BCUT2D eigenvalue weighted by molar-refractivity contribution is -0.117. The normalized spacial score (nSPS) is 15.4. The Hall–Kier alpha value is -2.99. The summed E-state index contributed by atoms with van der Waals surface area (Å²) in [6.45, 7) is 2.08. The lowest BCUT2D eigenvalue weighted by Gasteiger charge is -2.21. The molecule has 0 aliphatic heterocycles. The molecule has 0 radical (unpaired) electrons. The van der Waals surface area contributed by atoms with Crippen LogP contribution in [0.2, 0.25) is 0 Å². The summed E-state index contributed by atoms with van der Waals surface area (Å²) >= 11 is 1.47. The first-order valence-electron chi connectivity index (χ1n) is 9.90. The Morgan fingerprint density at radius 2 is 1.83 bits per heavy atom. The standard InChI is InChI=1S/C23H23N3O2S/c1-2-15-9-6-7-13-18(15)24-22(28)17-12-8-14-19-20(17)25-23(29-19)26-21(27)16-10-4-3-5-11-16/h3-7,9-11,13,17H,2,8,12,14H2,1H3,(H,24,28)(H,25,26,27). The molecule has 0 saturated carbocycles. The van der Waals surface area contributed by atoms with Crippen molar-refractivity contribution in [3.63, 3.8) is 0 Å². The van der Waals surface area contributed by atoms with Gasteiger partial charge in [-0.2, -0.15) is 0 Å². The van der Waals surface area contributed by atoms with E-state index in [0.717, 1.165) is 47.5 Å². The number of hydrogen-bond acceptors (Lipinski definition) is 4. The summed E-state index contributed by atoms with van der Waals surface area (Å²) in [5.74, 6) is -0.505. The van der Waals surface area contributed by atoms with Crippen LogP contribution < -0.4 is 10.6 Å². The number of para-hydroxylation sites is 1. The molecular weight excluding hydrogens is 382 g/mol. The van der Waals surface area contributed by atoms with Crippen LogP contribution in [0.15, 0.2) is 54.6 Å². The van der Waals surface area contributed by atoms with Gasteiger partial charge in [-0.1, -0.05) is 43.3 Å². The van der Waals surface area contributed by atoms with Gasteiger partial charge in [0, 0.05) is 16.1 Å². The third-order valence-electron chi connectivity index (χ3n) is 5.18. The molecule has 0 spiro atoms. The van der Waals surface area contributed by atoms with Gasteiger partial charge in [0.15, 0.2) is 5.13 Å². The Balaban J connectivity index is 1.52. The summed E-state index contributed by atoms with van der Waals surface area (Å²) in [4.78, 5) is 31.2. The summed E-state index contributed by atoms with van der Waals surface area (Å²) in [6, 6.07) is 16.9. The number of rotatable bonds is 5.